The highest BCUT2D eigenvalue weighted by Gasteiger charge is 2.47. The van der Waals surface area contributed by atoms with Gasteiger partial charge in [-0.1, -0.05) is 18.2 Å². The van der Waals surface area contributed by atoms with Gasteiger partial charge in [-0.25, -0.2) is 16.8 Å². The van der Waals surface area contributed by atoms with Crippen molar-refractivity contribution in [2.75, 3.05) is 19.3 Å². The molecule has 0 unspecified atom stereocenters. The van der Waals surface area contributed by atoms with E-state index in [-0.39, 0.29) is 42.2 Å². The van der Waals surface area contributed by atoms with Gasteiger partial charge < -0.3 is 5.32 Å². The average Bonchev–Trinajstić information content (AvgIpc) is 3.13. The second-order valence-corrected chi connectivity index (χ2v) is 12.9. The smallest absolute Gasteiger partial charge is 0.308 e. The Labute approximate surface area is 212 Å². The van der Waals surface area contributed by atoms with Crippen molar-refractivity contribution in [2.45, 2.75) is 36.4 Å². The Morgan fingerprint density at radius 1 is 1.05 bits per heavy atom. The minimum atomic E-state index is -4.54. The lowest BCUT2D eigenvalue weighted by atomic mass is 9.89. The van der Waals surface area contributed by atoms with Crippen LogP contribution in [0, 0.1) is 6.92 Å². The number of sulfonamides is 1. The van der Waals surface area contributed by atoms with Crippen LogP contribution in [0.5, 0.6) is 0 Å². The van der Waals surface area contributed by atoms with Crippen molar-refractivity contribution in [3.63, 3.8) is 0 Å². The van der Waals surface area contributed by atoms with Crippen molar-refractivity contribution < 1.29 is 34.8 Å². The lowest BCUT2D eigenvalue weighted by Crippen LogP contribution is -2.50. The van der Waals surface area contributed by atoms with E-state index in [0.29, 0.717) is 11.1 Å². The van der Waals surface area contributed by atoms with E-state index >= 15 is 0 Å². The number of aryl methyl sites for hydroxylation is 1. The maximum atomic E-state index is 13.1. The molecule has 1 saturated heterocycles. The van der Waals surface area contributed by atoms with Gasteiger partial charge in [0.05, 0.1) is 10.5 Å². The number of carbonyl (C=O) groups is 1. The van der Waals surface area contributed by atoms with Crippen molar-refractivity contribution in [1.29, 1.82) is 0 Å². The number of hydrogen-bond donors (Lipinski definition) is 1. The van der Waals surface area contributed by atoms with E-state index in [9.17, 15) is 34.8 Å². The van der Waals surface area contributed by atoms with Gasteiger partial charge in [0.15, 0.2) is 9.84 Å². The van der Waals surface area contributed by atoms with Crippen LogP contribution in [0.1, 0.15) is 35.1 Å². The Morgan fingerprint density at radius 3 is 2.32 bits per heavy atom. The van der Waals surface area contributed by atoms with Crippen LogP contribution in [0.15, 0.2) is 57.8 Å². The number of amides is 1. The Bertz CT molecular complexity index is 1520. The quantitative estimate of drug-likeness (QED) is 0.609. The van der Waals surface area contributed by atoms with Gasteiger partial charge in [-0.05, 0) is 61.2 Å². The average molecular weight is 556 g/mol. The fourth-order valence-electron chi connectivity index (χ4n) is 4.26. The highest BCUT2D eigenvalue weighted by Crippen LogP contribution is 2.34. The second-order valence-electron chi connectivity index (χ2n) is 9.06. The minimum absolute atomic E-state index is 0.00847. The summed E-state index contributed by atoms with van der Waals surface area (Å²) in [5, 5.41) is 3.58. The maximum Gasteiger partial charge on any atom is 0.416 e. The van der Waals surface area contributed by atoms with E-state index in [0.717, 1.165) is 23.8 Å². The summed E-state index contributed by atoms with van der Waals surface area (Å²) >= 11 is 0. The third-order valence-electron chi connectivity index (χ3n) is 6.44. The first-order chi connectivity index (χ1) is 17.1. The van der Waals surface area contributed by atoms with Crippen LogP contribution in [0.2, 0.25) is 0 Å². The van der Waals surface area contributed by atoms with Gasteiger partial charge in [-0.3, -0.25) is 9.79 Å². The fraction of sp³-hybridized carbons (Fsp3) is 0.333. The van der Waals surface area contributed by atoms with E-state index in [1.165, 1.54) is 40.7 Å². The lowest BCUT2D eigenvalue weighted by Gasteiger charge is -2.34. The number of nitrogens with zero attached hydrogens (tertiary/aromatic N) is 2. The summed E-state index contributed by atoms with van der Waals surface area (Å²) in [7, 11) is -7.25. The Balaban J connectivity index is 1.49. The monoisotopic (exact) mass is 555 g/mol. The van der Waals surface area contributed by atoms with E-state index in [1.54, 1.807) is 6.92 Å². The first kappa shape index (κ1) is 27.0. The normalized spacial score (nSPS) is 18.8. The van der Waals surface area contributed by atoms with Gasteiger partial charge in [-0.2, -0.15) is 17.5 Å². The molecule has 2 aromatic rings. The largest absolute Gasteiger partial charge is 0.416 e. The Morgan fingerprint density at radius 2 is 1.73 bits per heavy atom. The number of nitrogens with one attached hydrogen (secondary N) is 1. The molecule has 13 heteroatoms. The summed E-state index contributed by atoms with van der Waals surface area (Å²) in [4.78, 5) is 17.3. The molecule has 2 aliphatic heterocycles. The molecular formula is C24H24F3N3O5S2. The number of halogens is 3. The lowest BCUT2D eigenvalue weighted by molar-refractivity contribution is -0.137. The number of amidine groups is 1. The summed E-state index contributed by atoms with van der Waals surface area (Å²) in [6.45, 7) is 1.65. The second kappa shape index (κ2) is 9.37. The number of piperidine rings is 1. The molecule has 0 saturated carbocycles. The zero-order valence-electron chi connectivity index (χ0n) is 19.9. The van der Waals surface area contributed by atoms with Gasteiger partial charge in [0.25, 0.3) is 5.91 Å². The van der Waals surface area contributed by atoms with Crippen molar-refractivity contribution in [3.8, 4) is 0 Å². The van der Waals surface area contributed by atoms with Gasteiger partial charge in [0.1, 0.15) is 11.4 Å². The highest BCUT2D eigenvalue weighted by molar-refractivity contribution is 7.92. The third-order valence-corrected chi connectivity index (χ3v) is 9.12. The zero-order chi connectivity index (χ0) is 27.2. The van der Waals surface area contributed by atoms with Crippen molar-refractivity contribution in [1.82, 2.24) is 9.62 Å². The first-order valence-electron chi connectivity index (χ1n) is 11.2. The summed E-state index contributed by atoms with van der Waals surface area (Å²) in [6, 6.07) is 8.87. The molecule has 2 aliphatic rings. The predicted octanol–water partition coefficient (Wildman–Crippen LogP) is 3.13. The molecule has 2 aromatic carbocycles. The topological polar surface area (TPSA) is 113 Å². The molecule has 1 amide bonds. The number of rotatable bonds is 5. The first-order valence-corrected chi connectivity index (χ1v) is 14.6. The molecule has 0 aliphatic carbocycles. The fourth-order valence-corrected chi connectivity index (χ4v) is 6.15. The molecular weight excluding hydrogens is 531 g/mol. The van der Waals surface area contributed by atoms with E-state index in [4.69, 9.17) is 0 Å². The van der Waals surface area contributed by atoms with Crippen LogP contribution < -0.4 is 5.32 Å². The molecule has 0 aromatic heterocycles. The van der Waals surface area contributed by atoms with Crippen LogP contribution in [0.25, 0.3) is 6.08 Å². The SMILES string of the molecule is Cc1cc(S(C)(=O)=O)ccc1C=CS(=O)(=O)N1CCC2(CC1)N=C(c1cccc(C(F)(F)F)c1)NC2=O. The molecule has 1 N–H and O–H groups in total. The molecule has 4 rings (SSSR count). The number of carbonyl (C=O) groups excluding carboxylic acids is 1. The standard InChI is InChI=1S/C24H24F3N3O5S2/c1-16-14-20(36(2,32)33)7-6-17(16)8-13-37(34,35)30-11-9-23(10-12-30)22(31)28-21(29-23)18-4-3-5-19(15-18)24(25,26)27/h3-8,13-15H,9-12H2,1-2H3,(H,28,29,31). The van der Waals surface area contributed by atoms with Gasteiger partial charge in [0.2, 0.25) is 10.0 Å². The summed E-state index contributed by atoms with van der Waals surface area (Å²) < 4.78 is 89.6. The Hall–Kier alpha value is -3.03. The van der Waals surface area contributed by atoms with Gasteiger partial charge >= 0.3 is 6.18 Å². The third kappa shape index (κ3) is 5.63. The molecule has 198 valence electrons. The van der Waals surface area contributed by atoms with E-state index in [1.807, 2.05) is 0 Å². The van der Waals surface area contributed by atoms with Crippen LogP contribution in [0.3, 0.4) is 0 Å². The van der Waals surface area contributed by atoms with Crippen LogP contribution >= 0.6 is 0 Å². The Kier molecular flexibility index (Phi) is 6.84. The van der Waals surface area contributed by atoms with Crippen LogP contribution in [-0.2, 0) is 30.8 Å². The molecule has 0 bridgehead atoms. The van der Waals surface area contributed by atoms with Crippen LogP contribution in [0.4, 0.5) is 13.2 Å². The summed E-state index contributed by atoms with van der Waals surface area (Å²) in [6.07, 6.45) is -1.94. The maximum absolute atomic E-state index is 13.1. The number of aliphatic imine (C=N–C) groups is 1. The van der Waals surface area contributed by atoms with Crippen LogP contribution in [-0.4, -0.2) is 57.8 Å². The van der Waals surface area contributed by atoms with Crippen molar-refractivity contribution in [2.24, 2.45) is 4.99 Å². The summed E-state index contributed by atoms with van der Waals surface area (Å²) in [5.74, 6) is -0.450. The number of benzene rings is 2. The molecule has 1 fully saturated rings. The van der Waals surface area contributed by atoms with Crippen molar-refractivity contribution >= 4 is 37.7 Å². The molecule has 37 heavy (non-hydrogen) atoms. The predicted molar refractivity (Wildman–Crippen MR) is 132 cm³/mol. The van der Waals surface area contributed by atoms with E-state index in [2.05, 4.69) is 10.3 Å². The number of alkyl halides is 3. The molecule has 2 heterocycles. The molecule has 8 nitrogen and oxygen atoms in total. The zero-order valence-corrected chi connectivity index (χ0v) is 21.5. The minimum Gasteiger partial charge on any atom is -0.308 e. The van der Waals surface area contributed by atoms with E-state index < -0.39 is 43.0 Å². The summed E-state index contributed by atoms with van der Waals surface area (Å²) in [5.41, 5.74) is -0.870. The highest BCUT2D eigenvalue weighted by atomic mass is 32.2. The molecule has 0 radical (unpaired) electrons. The number of hydrogen-bond acceptors (Lipinski definition) is 6. The van der Waals surface area contributed by atoms with Gasteiger partial charge in [-0.15, -0.1) is 0 Å². The molecule has 0 atom stereocenters. The van der Waals surface area contributed by atoms with Crippen molar-refractivity contribution in [3.05, 3.63) is 70.1 Å². The van der Waals surface area contributed by atoms with Gasteiger partial charge in [0, 0.05) is 30.3 Å². The molecule has 1 spiro atoms. The number of sulfone groups is 1.